The van der Waals surface area contributed by atoms with Gasteiger partial charge in [0.2, 0.25) is 15.7 Å². The SMILES string of the molecule is Cc1ccc(-c2nc(SCC(=O)NCc3ccccc3Cl)c(S(=O)(=O)c3ccccc3)[nH]2)cc1. The predicted molar refractivity (Wildman–Crippen MR) is 135 cm³/mol. The van der Waals surface area contributed by atoms with Crippen LogP contribution in [0, 0.1) is 6.92 Å². The number of halogens is 1. The molecule has 2 N–H and O–H groups in total. The Labute approximate surface area is 207 Å². The van der Waals surface area contributed by atoms with Crippen molar-refractivity contribution in [2.45, 2.75) is 28.4 Å². The standard InChI is InChI=1S/C25H22ClN3O3S2/c1-17-11-13-18(14-12-17)23-28-24(25(29-23)34(31,32)20-8-3-2-4-9-20)33-16-22(30)27-15-19-7-5-6-10-21(19)26/h2-14H,15-16H2,1H3,(H,27,30)(H,28,29). The van der Waals surface area contributed by atoms with Crippen molar-refractivity contribution in [2.24, 2.45) is 0 Å². The Kier molecular flexibility index (Phi) is 7.41. The van der Waals surface area contributed by atoms with Crippen LogP contribution >= 0.6 is 23.4 Å². The van der Waals surface area contributed by atoms with Crippen LogP contribution in [0.4, 0.5) is 0 Å². The normalized spacial score (nSPS) is 11.4. The first-order chi connectivity index (χ1) is 16.3. The summed E-state index contributed by atoms with van der Waals surface area (Å²) in [7, 11) is -3.86. The van der Waals surface area contributed by atoms with Gasteiger partial charge in [0.1, 0.15) is 10.9 Å². The van der Waals surface area contributed by atoms with E-state index < -0.39 is 9.84 Å². The zero-order valence-electron chi connectivity index (χ0n) is 18.3. The second-order valence-electron chi connectivity index (χ2n) is 7.56. The molecule has 0 saturated heterocycles. The number of amides is 1. The second kappa shape index (κ2) is 10.5. The molecule has 0 fully saturated rings. The molecule has 4 rings (SSSR count). The van der Waals surface area contributed by atoms with E-state index in [-0.39, 0.29) is 33.2 Å². The van der Waals surface area contributed by atoms with Gasteiger partial charge in [0, 0.05) is 17.1 Å². The first-order valence-corrected chi connectivity index (χ1v) is 13.3. The Morgan fingerprint density at radius 3 is 2.38 bits per heavy atom. The molecule has 0 radical (unpaired) electrons. The highest BCUT2D eigenvalue weighted by molar-refractivity contribution is 8.00. The molecule has 0 unspecified atom stereocenters. The number of thioether (sulfide) groups is 1. The summed E-state index contributed by atoms with van der Waals surface area (Å²) in [5.41, 5.74) is 2.64. The average molecular weight is 512 g/mol. The van der Waals surface area contributed by atoms with Gasteiger partial charge in [0.15, 0.2) is 5.03 Å². The van der Waals surface area contributed by atoms with E-state index in [1.807, 2.05) is 49.4 Å². The van der Waals surface area contributed by atoms with Crippen LogP contribution in [0.15, 0.2) is 93.8 Å². The molecule has 0 atom stereocenters. The maximum Gasteiger partial charge on any atom is 0.230 e. The number of hydrogen-bond acceptors (Lipinski definition) is 5. The van der Waals surface area contributed by atoms with E-state index >= 15 is 0 Å². The van der Waals surface area contributed by atoms with E-state index in [1.165, 1.54) is 12.1 Å². The molecule has 174 valence electrons. The molecular weight excluding hydrogens is 490 g/mol. The van der Waals surface area contributed by atoms with E-state index in [4.69, 9.17) is 11.6 Å². The molecule has 9 heteroatoms. The Balaban J connectivity index is 1.58. The van der Waals surface area contributed by atoms with Crippen LogP contribution in [-0.2, 0) is 21.2 Å². The number of benzene rings is 3. The number of sulfone groups is 1. The van der Waals surface area contributed by atoms with E-state index in [2.05, 4.69) is 15.3 Å². The lowest BCUT2D eigenvalue weighted by Gasteiger charge is -2.07. The van der Waals surface area contributed by atoms with Gasteiger partial charge in [-0.2, -0.15) is 0 Å². The molecule has 1 heterocycles. The molecule has 0 aliphatic rings. The Morgan fingerprint density at radius 2 is 1.68 bits per heavy atom. The van der Waals surface area contributed by atoms with Crippen molar-refractivity contribution in [1.82, 2.24) is 15.3 Å². The molecule has 34 heavy (non-hydrogen) atoms. The van der Waals surface area contributed by atoms with Gasteiger partial charge < -0.3 is 10.3 Å². The molecule has 6 nitrogen and oxygen atoms in total. The minimum absolute atomic E-state index is 0.0000462. The third kappa shape index (κ3) is 5.52. The van der Waals surface area contributed by atoms with Crippen molar-refractivity contribution in [3.8, 4) is 11.4 Å². The lowest BCUT2D eigenvalue weighted by Crippen LogP contribution is -2.24. The maximum absolute atomic E-state index is 13.3. The summed E-state index contributed by atoms with van der Waals surface area (Å²) in [5.74, 6) is 0.168. The first-order valence-electron chi connectivity index (χ1n) is 10.4. The highest BCUT2D eigenvalue weighted by Crippen LogP contribution is 2.32. The summed E-state index contributed by atoms with van der Waals surface area (Å²) in [5, 5.41) is 3.60. The largest absolute Gasteiger partial charge is 0.351 e. The van der Waals surface area contributed by atoms with Crippen molar-refractivity contribution >= 4 is 39.1 Å². The maximum atomic E-state index is 13.3. The van der Waals surface area contributed by atoms with Crippen LogP contribution in [0.2, 0.25) is 5.02 Å². The number of imidazole rings is 1. The van der Waals surface area contributed by atoms with Gasteiger partial charge in [-0.15, -0.1) is 0 Å². The fourth-order valence-corrected chi connectivity index (χ4v) is 5.88. The fraction of sp³-hybridized carbons (Fsp3) is 0.120. The predicted octanol–water partition coefficient (Wildman–Crippen LogP) is 5.28. The van der Waals surface area contributed by atoms with E-state index in [0.29, 0.717) is 10.8 Å². The summed E-state index contributed by atoms with van der Waals surface area (Å²) in [4.78, 5) is 20.1. The number of aryl methyl sites for hydroxylation is 1. The molecule has 0 aliphatic heterocycles. The van der Waals surface area contributed by atoms with E-state index in [0.717, 1.165) is 28.5 Å². The molecule has 0 spiro atoms. The van der Waals surface area contributed by atoms with Crippen LogP contribution in [-0.4, -0.2) is 30.0 Å². The second-order valence-corrected chi connectivity index (χ2v) is 10.8. The van der Waals surface area contributed by atoms with Crippen molar-refractivity contribution in [2.75, 3.05) is 5.75 Å². The van der Waals surface area contributed by atoms with Gasteiger partial charge in [-0.25, -0.2) is 13.4 Å². The molecule has 0 aliphatic carbocycles. The third-order valence-electron chi connectivity index (χ3n) is 5.06. The number of aromatic amines is 1. The molecule has 0 bridgehead atoms. The topological polar surface area (TPSA) is 91.9 Å². The van der Waals surface area contributed by atoms with Gasteiger partial charge in [0.05, 0.1) is 10.6 Å². The third-order valence-corrected chi connectivity index (χ3v) is 8.26. The monoisotopic (exact) mass is 511 g/mol. The Morgan fingerprint density at radius 1 is 1.00 bits per heavy atom. The lowest BCUT2D eigenvalue weighted by molar-refractivity contribution is -0.118. The Bertz CT molecular complexity index is 1400. The summed E-state index contributed by atoms with van der Waals surface area (Å²) in [6.07, 6.45) is 0. The molecule has 4 aromatic rings. The summed E-state index contributed by atoms with van der Waals surface area (Å²) < 4.78 is 26.7. The van der Waals surface area contributed by atoms with Gasteiger partial charge in [0.25, 0.3) is 0 Å². The first kappa shape index (κ1) is 24.1. The minimum atomic E-state index is -3.86. The number of rotatable bonds is 8. The molecule has 0 saturated carbocycles. The van der Waals surface area contributed by atoms with E-state index in [1.54, 1.807) is 24.3 Å². The fourth-order valence-electron chi connectivity index (χ4n) is 3.21. The van der Waals surface area contributed by atoms with Crippen LogP contribution < -0.4 is 5.32 Å². The average Bonchev–Trinajstić information content (AvgIpc) is 3.28. The van der Waals surface area contributed by atoms with Gasteiger partial charge in [-0.1, -0.05) is 89.6 Å². The lowest BCUT2D eigenvalue weighted by atomic mass is 10.1. The van der Waals surface area contributed by atoms with Crippen molar-refractivity contribution in [1.29, 1.82) is 0 Å². The number of carbonyl (C=O) groups excluding carboxylic acids is 1. The molecule has 1 aromatic heterocycles. The van der Waals surface area contributed by atoms with E-state index in [9.17, 15) is 13.2 Å². The van der Waals surface area contributed by atoms with Crippen molar-refractivity contribution in [3.63, 3.8) is 0 Å². The van der Waals surface area contributed by atoms with Crippen molar-refractivity contribution < 1.29 is 13.2 Å². The number of hydrogen-bond donors (Lipinski definition) is 2. The molecular formula is C25H22ClN3O3S2. The van der Waals surface area contributed by atoms with Gasteiger partial charge in [-0.3, -0.25) is 4.79 Å². The summed E-state index contributed by atoms with van der Waals surface area (Å²) in [6.45, 7) is 2.25. The van der Waals surface area contributed by atoms with Crippen LogP contribution in [0.5, 0.6) is 0 Å². The zero-order valence-corrected chi connectivity index (χ0v) is 20.7. The van der Waals surface area contributed by atoms with Crippen LogP contribution in [0.1, 0.15) is 11.1 Å². The molecule has 3 aromatic carbocycles. The highest BCUT2D eigenvalue weighted by Gasteiger charge is 2.26. The summed E-state index contributed by atoms with van der Waals surface area (Å²) in [6, 6.07) is 23.0. The van der Waals surface area contributed by atoms with Crippen LogP contribution in [0.25, 0.3) is 11.4 Å². The van der Waals surface area contributed by atoms with Gasteiger partial charge >= 0.3 is 0 Å². The number of aromatic nitrogens is 2. The number of nitrogens with one attached hydrogen (secondary N) is 2. The van der Waals surface area contributed by atoms with Gasteiger partial charge in [-0.05, 0) is 30.7 Å². The number of nitrogens with zero attached hydrogens (tertiary/aromatic N) is 1. The van der Waals surface area contributed by atoms with Crippen LogP contribution in [0.3, 0.4) is 0 Å². The minimum Gasteiger partial charge on any atom is -0.351 e. The zero-order chi connectivity index (χ0) is 24.1. The number of H-pyrrole nitrogens is 1. The smallest absolute Gasteiger partial charge is 0.230 e. The summed E-state index contributed by atoms with van der Waals surface area (Å²) >= 11 is 7.21. The molecule has 1 amide bonds. The Hall–Kier alpha value is -3.07. The number of carbonyl (C=O) groups is 1. The van der Waals surface area contributed by atoms with Crippen molar-refractivity contribution in [3.05, 3.63) is 95.0 Å². The quantitative estimate of drug-likeness (QED) is 0.314. The highest BCUT2D eigenvalue weighted by atomic mass is 35.5.